The Bertz CT molecular complexity index is 272. The van der Waals surface area contributed by atoms with Crippen molar-refractivity contribution in [3.05, 3.63) is 0 Å². The van der Waals surface area contributed by atoms with Gasteiger partial charge in [0.2, 0.25) is 6.29 Å². The minimum atomic E-state index is -4.86. The fraction of sp³-hybridized carbons (Fsp3) is 1.00. The lowest BCUT2D eigenvalue weighted by Gasteiger charge is -2.39. The average Bonchev–Trinajstić information content (AvgIpc) is 1.95. The molecule has 0 bridgehead atoms. The summed E-state index contributed by atoms with van der Waals surface area (Å²) in [6, 6.07) is 0. The molecule has 1 aliphatic rings. The summed E-state index contributed by atoms with van der Waals surface area (Å²) >= 11 is 0. The topological polar surface area (TPSA) is 137 Å². The van der Waals surface area contributed by atoms with Crippen molar-refractivity contribution in [2.24, 2.45) is 0 Å². The van der Waals surface area contributed by atoms with Crippen molar-refractivity contribution in [1.29, 1.82) is 0 Å². The fourth-order valence-electron chi connectivity index (χ4n) is 1.28. The van der Waals surface area contributed by atoms with E-state index in [-0.39, 0.29) is 6.42 Å². The van der Waals surface area contributed by atoms with Crippen LogP contribution in [-0.4, -0.2) is 49.4 Å². The highest BCUT2D eigenvalue weighted by atomic mass is 31.2. The van der Waals surface area contributed by atoms with Crippen LogP contribution in [0.5, 0.6) is 0 Å². The predicted octanol–water partition coefficient (Wildman–Crippen LogP) is -1.73. The highest BCUT2D eigenvalue weighted by Crippen LogP contribution is 2.41. The van der Waals surface area contributed by atoms with Crippen LogP contribution in [-0.2, 0) is 13.8 Å². The first kappa shape index (κ1) is 13.0. The second-order valence-corrected chi connectivity index (χ2v) is 4.71. The zero-order chi connectivity index (χ0) is 11.9. The smallest absolute Gasteiger partial charge is 0.390 e. The Hall–Kier alpha value is -0.0500. The van der Waals surface area contributed by atoms with Crippen LogP contribution >= 0.6 is 7.82 Å². The summed E-state index contributed by atoms with van der Waals surface area (Å²) in [5, 5.41) is 27.9. The summed E-state index contributed by atoms with van der Waals surface area (Å²) in [6.07, 6.45) is -5.07. The number of hydrogen-bond acceptors (Lipinski definition) is 6. The van der Waals surface area contributed by atoms with Gasteiger partial charge in [0.25, 0.3) is 0 Å². The van der Waals surface area contributed by atoms with Crippen molar-refractivity contribution in [2.75, 3.05) is 0 Å². The maximum Gasteiger partial charge on any atom is 0.472 e. The van der Waals surface area contributed by atoms with Gasteiger partial charge in [-0.3, -0.25) is 4.52 Å². The van der Waals surface area contributed by atoms with Crippen molar-refractivity contribution in [3.63, 3.8) is 0 Å². The summed E-state index contributed by atoms with van der Waals surface area (Å²) in [5.41, 5.74) is 0. The number of aliphatic hydroxyl groups is 3. The molecule has 4 atom stereocenters. The van der Waals surface area contributed by atoms with E-state index in [4.69, 9.17) is 9.79 Å². The van der Waals surface area contributed by atoms with Crippen LogP contribution in [0.1, 0.15) is 13.3 Å². The van der Waals surface area contributed by atoms with E-state index < -0.39 is 32.1 Å². The van der Waals surface area contributed by atoms with Crippen molar-refractivity contribution in [1.82, 2.24) is 0 Å². The minimum absolute atomic E-state index is 0.283. The highest BCUT2D eigenvalue weighted by molar-refractivity contribution is 7.46. The molecular formula is C6H13O8P. The molecule has 0 amide bonds. The monoisotopic (exact) mass is 244 g/mol. The first-order chi connectivity index (χ1) is 6.61. The minimum Gasteiger partial charge on any atom is -0.390 e. The maximum atomic E-state index is 10.5. The summed E-state index contributed by atoms with van der Waals surface area (Å²) in [6.45, 7) is 1.18. The fourth-order valence-corrected chi connectivity index (χ4v) is 1.72. The molecule has 1 heterocycles. The summed E-state index contributed by atoms with van der Waals surface area (Å²) in [7, 11) is -4.86. The third kappa shape index (κ3) is 3.78. The Morgan fingerprint density at radius 2 is 2.00 bits per heavy atom. The number of hydrogen-bond donors (Lipinski definition) is 5. The molecule has 0 saturated carbocycles. The molecule has 0 aromatic heterocycles. The molecule has 9 heteroatoms. The van der Waals surface area contributed by atoms with E-state index in [2.05, 4.69) is 9.26 Å². The van der Waals surface area contributed by atoms with Crippen molar-refractivity contribution in [2.45, 2.75) is 37.6 Å². The standard InChI is InChI=1S/C6H13O8P/c1-6(9)2-3(7)4(8)5(13-6)14-15(10,11)12/h3-5,7-9H,2H2,1H3,(H2,10,11,12)/t3-,4-,5?,6?/m0/s1. The molecule has 5 N–H and O–H groups in total. The summed E-state index contributed by atoms with van der Waals surface area (Å²) < 4.78 is 19.2. The molecule has 0 spiro atoms. The molecule has 0 aromatic rings. The third-order valence-electron chi connectivity index (χ3n) is 1.87. The lowest BCUT2D eigenvalue weighted by Crippen LogP contribution is -2.54. The zero-order valence-corrected chi connectivity index (χ0v) is 8.74. The Balaban J connectivity index is 2.74. The van der Waals surface area contributed by atoms with Gasteiger partial charge in [0, 0.05) is 6.42 Å². The molecule has 8 nitrogen and oxygen atoms in total. The molecule has 0 aliphatic carbocycles. The van der Waals surface area contributed by atoms with Gasteiger partial charge in [-0.1, -0.05) is 0 Å². The Morgan fingerprint density at radius 1 is 1.47 bits per heavy atom. The molecule has 1 rings (SSSR count). The molecule has 15 heavy (non-hydrogen) atoms. The summed E-state index contributed by atoms with van der Waals surface area (Å²) in [4.78, 5) is 17.0. The van der Waals surface area contributed by atoms with E-state index in [0.717, 1.165) is 0 Å². The number of aliphatic hydroxyl groups excluding tert-OH is 2. The molecule has 1 saturated heterocycles. The number of phosphoric acid groups is 1. The average molecular weight is 244 g/mol. The van der Waals surface area contributed by atoms with E-state index in [1.807, 2.05) is 0 Å². The van der Waals surface area contributed by atoms with Gasteiger partial charge < -0.3 is 29.8 Å². The molecule has 0 aromatic carbocycles. The number of rotatable bonds is 2. The maximum absolute atomic E-state index is 10.5. The van der Waals surface area contributed by atoms with Gasteiger partial charge in [-0.25, -0.2) is 4.57 Å². The van der Waals surface area contributed by atoms with Crippen LogP contribution in [0.25, 0.3) is 0 Å². The number of ether oxygens (including phenoxy) is 1. The summed E-state index contributed by atoms with van der Waals surface area (Å²) in [5.74, 6) is -1.81. The van der Waals surface area contributed by atoms with Crippen LogP contribution in [0.3, 0.4) is 0 Å². The Labute approximate surface area is 85.3 Å². The van der Waals surface area contributed by atoms with Gasteiger partial charge in [-0.2, -0.15) is 0 Å². The van der Waals surface area contributed by atoms with E-state index in [9.17, 15) is 19.9 Å². The van der Waals surface area contributed by atoms with Crippen molar-refractivity contribution < 1.29 is 38.9 Å². The molecule has 90 valence electrons. The first-order valence-corrected chi connectivity index (χ1v) is 5.64. The largest absolute Gasteiger partial charge is 0.472 e. The van der Waals surface area contributed by atoms with Crippen LogP contribution in [0.4, 0.5) is 0 Å². The second-order valence-electron chi connectivity index (χ2n) is 3.52. The van der Waals surface area contributed by atoms with Crippen LogP contribution < -0.4 is 0 Å². The Kier molecular flexibility index (Phi) is 3.54. The third-order valence-corrected chi connectivity index (χ3v) is 2.35. The highest BCUT2D eigenvalue weighted by Gasteiger charge is 2.45. The van der Waals surface area contributed by atoms with Crippen molar-refractivity contribution in [3.8, 4) is 0 Å². The predicted molar refractivity (Wildman–Crippen MR) is 45.3 cm³/mol. The van der Waals surface area contributed by atoms with Gasteiger partial charge in [0.15, 0.2) is 5.79 Å². The number of phosphoric ester groups is 1. The van der Waals surface area contributed by atoms with Gasteiger partial charge >= 0.3 is 7.82 Å². The van der Waals surface area contributed by atoms with Crippen molar-refractivity contribution >= 4 is 7.82 Å². The van der Waals surface area contributed by atoms with Gasteiger partial charge in [-0.05, 0) is 6.92 Å². The van der Waals surface area contributed by atoms with Crippen LogP contribution in [0, 0.1) is 0 Å². The molecule has 1 aliphatic heterocycles. The van der Waals surface area contributed by atoms with Gasteiger partial charge in [-0.15, -0.1) is 0 Å². The first-order valence-electron chi connectivity index (χ1n) is 4.11. The SMILES string of the molecule is CC1(O)C[C@H](O)[C@H](O)C(OP(=O)(O)O)O1. The second kappa shape index (κ2) is 4.08. The molecular weight excluding hydrogens is 231 g/mol. The molecule has 2 unspecified atom stereocenters. The van der Waals surface area contributed by atoms with Gasteiger partial charge in [0.05, 0.1) is 6.10 Å². The quantitative estimate of drug-likeness (QED) is 0.361. The Morgan fingerprint density at radius 3 is 2.47 bits per heavy atom. The van der Waals surface area contributed by atoms with E-state index in [1.165, 1.54) is 6.92 Å². The van der Waals surface area contributed by atoms with Crippen LogP contribution in [0.2, 0.25) is 0 Å². The van der Waals surface area contributed by atoms with E-state index in [0.29, 0.717) is 0 Å². The van der Waals surface area contributed by atoms with E-state index in [1.54, 1.807) is 0 Å². The molecule has 1 fully saturated rings. The van der Waals surface area contributed by atoms with Gasteiger partial charge in [0.1, 0.15) is 6.10 Å². The zero-order valence-electron chi connectivity index (χ0n) is 7.85. The lowest BCUT2D eigenvalue weighted by atomic mass is 10.0. The molecule has 0 radical (unpaired) electrons. The lowest BCUT2D eigenvalue weighted by molar-refractivity contribution is -0.334. The normalized spacial score (nSPS) is 42.9. The van der Waals surface area contributed by atoms with E-state index >= 15 is 0 Å². The van der Waals surface area contributed by atoms with Crippen LogP contribution in [0.15, 0.2) is 0 Å².